The summed E-state index contributed by atoms with van der Waals surface area (Å²) in [6.07, 6.45) is 2.25. The highest BCUT2D eigenvalue weighted by Crippen LogP contribution is 2.20. The van der Waals surface area contributed by atoms with E-state index in [1.54, 1.807) is 19.1 Å². The maximum absolute atomic E-state index is 12.0. The summed E-state index contributed by atoms with van der Waals surface area (Å²) >= 11 is 0. The average molecular weight is 250 g/mol. The fourth-order valence-electron chi connectivity index (χ4n) is 1.80. The lowest BCUT2D eigenvalue weighted by Gasteiger charge is -2.20. The van der Waals surface area contributed by atoms with Gasteiger partial charge in [-0.3, -0.25) is 4.79 Å². The van der Waals surface area contributed by atoms with E-state index in [4.69, 9.17) is 10.5 Å². The van der Waals surface area contributed by atoms with Gasteiger partial charge in [-0.1, -0.05) is 19.4 Å². The van der Waals surface area contributed by atoms with E-state index in [0.29, 0.717) is 6.42 Å². The average Bonchev–Trinajstić information content (AvgIpc) is 2.38. The van der Waals surface area contributed by atoms with E-state index in [1.165, 1.54) is 0 Å². The van der Waals surface area contributed by atoms with E-state index in [9.17, 15) is 4.79 Å². The highest BCUT2D eigenvalue weighted by molar-refractivity contribution is 5.93. The number of ether oxygens (including phenoxy) is 1. The summed E-state index contributed by atoms with van der Waals surface area (Å²) in [6.45, 7) is 2.07. The van der Waals surface area contributed by atoms with Crippen LogP contribution in [-0.2, 0) is 4.79 Å². The normalized spacial score (nSPS) is 12.0. The Labute approximate surface area is 109 Å². The molecule has 0 bridgehead atoms. The van der Waals surface area contributed by atoms with Crippen molar-refractivity contribution in [3.05, 3.63) is 24.3 Å². The molecule has 0 aromatic heterocycles. The van der Waals surface area contributed by atoms with Crippen molar-refractivity contribution in [2.45, 2.75) is 32.2 Å². The second-order valence-electron chi connectivity index (χ2n) is 4.41. The smallest absolute Gasteiger partial charge is 0.228 e. The van der Waals surface area contributed by atoms with Gasteiger partial charge in [-0.25, -0.2) is 0 Å². The highest BCUT2D eigenvalue weighted by Gasteiger charge is 2.14. The molecular weight excluding hydrogens is 228 g/mol. The summed E-state index contributed by atoms with van der Waals surface area (Å²) in [5.41, 5.74) is 6.71. The Morgan fingerprint density at radius 2 is 2.22 bits per heavy atom. The molecule has 1 amide bonds. The van der Waals surface area contributed by atoms with E-state index in [2.05, 4.69) is 6.92 Å². The van der Waals surface area contributed by atoms with Gasteiger partial charge >= 0.3 is 0 Å². The van der Waals surface area contributed by atoms with Crippen molar-refractivity contribution in [1.29, 1.82) is 0 Å². The van der Waals surface area contributed by atoms with Crippen LogP contribution < -0.4 is 15.4 Å². The minimum Gasteiger partial charge on any atom is -0.497 e. The molecule has 0 heterocycles. The Morgan fingerprint density at radius 3 is 2.83 bits per heavy atom. The second-order valence-corrected chi connectivity index (χ2v) is 4.41. The lowest BCUT2D eigenvalue weighted by atomic mass is 10.1. The molecule has 0 aliphatic carbocycles. The molecular formula is C14H22N2O2. The molecule has 0 spiro atoms. The number of hydrogen-bond acceptors (Lipinski definition) is 3. The third-order valence-corrected chi connectivity index (χ3v) is 2.91. The maximum atomic E-state index is 12.0. The molecule has 100 valence electrons. The van der Waals surface area contributed by atoms with Gasteiger partial charge in [0.05, 0.1) is 7.11 Å². The van der Waals surface area contributed by atoms with Crippen LogP contribution >= 0.6 is 0 Å². The van der Waals surface area contributed by atoms with Crippen molar-refractivity contribution in [2.75, 3.05) is 19.1 Å². The molecule has 1 unspecified atom stereocenters. The Balaban J connectivity index is 2.67. The van der Waals surface area contributed by atoms with E-state index >= 15 is 0 Å². The second kappa shape index (κ2) is 7.01. The largest absolute Gasteiger partial charge is 0.497 e. The molecule has 1 aromatic rings. The minimum absolute atomic E-state index is 0.0317. The molecule has 0 radical (unpaired) electrons. The Morgan fingerprint density at radius 1 is 1.50 bits per heavy atom. The summed E-state index contributed by atoms with van der Waals surface area (Å²) in [5.74, 6) is 0.772. The quantitative estimate of drug-likeness (QED) is 0.842. The fourth-order valence-corrected chi connectivity index (χ4v) is 1.80. The third kappa shape index (κ3) is 4.04. The Hall–Kier alpha value is -1.55. The first-order valence-corrected chi connectivity index (χ1v) is 6.24. The van der Waals surface area contributed by atoms with Crippen molar-refractivity contribution in [3.8, 4) is 5.75 Å². The van der Waals surface area contributed by atoms with Crippen LogP contribution in [0.5, 0.6) is 5.75 Å². The first-order chi connectivity index (χ1) is 8.58. The Kier molecular flexibility index (Phi) is 5.65. The molecule has 0 saturated carbocycles. The van der Waals surface area contributed by atoms with Crippen LogP contribution in [0.15, 0.2) is 24.3 Å². The van der Waals surface area contributed by atoms with Crippen molar-refractivity contribution < 1.29 is 9.53 Å². The van der Waals surface area contributed by atoms with Crippen molar-refractivity contribution in [1.82, 2.24) is 0 Å². The van der Waals surface area contributed by atoms with Gasteiger partial charge < -0.3 is 15.4 Å². The number of carbonyl (C=O) groups is 1. The SMILES string of the molecule is CCCC(N)CC(=O)N(C)c1cccc(OC)c1. The minimum atomic E-state index is -0.0597. The molecule has 1 aromatic carbocycles. The zero-order chi connectivity index (χ0) is 13.5. The molecule has 18 heavy (non-hydrogen) atoms. The van der Waals surface area contributed by atoms with Gasteiger partial charge in [0.15, 0.2) is 0 Å². The van der Waals surface area contributed by atoms with E-state index in [0.717, 1.165) is 24.3 Å². The standard InChI is InChI=1S/C14H22N2O2/c1-4-6-11(15)9-14(17)16(2)12-7-5-8-13(10-12)18-3/h5,7-8,10-11H,4,6,9,15H2,1-3H3. The molecule has 4 nitrogen and oxygen atoms in total. The first-order valence-electron chi connectivity index (χ1n) is 6.24. The van der Waals surface area contributed by atoms with Crippen LogP contribution in [-0.4, -0.2) is 26.1 Å². The number of nitrogens with two attached hydrogens (primary N) is 1. The van der Waals surface area contributed by atoms with E-state index < -0.39 is 0 Å². The van der Waals surface area contributed by atoms with Crippen LogP contribution in [0.2, 0.25) is 0 Å². The number of rotatable bonds is 6. The van der Waals surface area contributed by atoms with Crippen LogP contribution in [0.4, 0.5) is 5.69 Å². The molecule has 0 saturated heterocycles. The number of nitrogens with zero attached hydrogens (tertiary/aromatic N) is 1. The number of methoxy groups -OCH3 is 1. The van der Waals surface area contributed by atoms with Gasteiger partial charge in [-0.2, -0.15) is 0 Å². The predicted octanol–water partition coefficient (Wildman–Crippen LogP) is 2.18. The fraction of sp³-hybridized carbons (Fsp3) is 0.500. The van der Waals surface area contributed by atoms with Gasteiger partial charge in [0.25, 0.3) is 0 Å². The van der Waals surface area contributed by atoms with Crippen molar-refractivity contribution in [3.63, 3.8) is 0 Å². The lowest BCUT2D eigenvalue weighted by molar-refractivity contribution is -0.118. The van der Waals surface area contributed by atoms with Crippen molar-refractivity contribution >= 4 is 11.6 Å². The van der Waals surface area contributed by atoms with Gasteiger partial charge in [0.2, 0.25) is 5.91 Å². The number of anilines is 1. The monoisotopic (exact) mass is 250 g/mol. The summed E-state index contributed by atoms with van der Waals surface area (Å²) in [4.78, 5) is 13.7. The van der Waals surface area contributed by atoms with Crippen molar-refractivity contribution in [2.24, 2.45) is 5.73 Å². The highest BCUT2D eigenvalue weighted by atomic mass is 16.5. The lowest BCUT2D eigenvalue weighted by Crippen LogP contribution is -2.33. The zero-order valence-corrected chi connectivity index (χ0v) is 11.3. The molecule has 2 N–H and O–H groups in total. The van der Waals surface area contributed by atoms with Crippen LogP contribution in [0, 0.1) is 0 Å². The van der Waals surface area contributed by atoms with E-state index in [1.807, 2.05) is 24.3 Å². The zero-order valence-electron chi connectivity index (χ0n) is 11.3. The number of amides is 1. The van der Waals surface area contributed by atoms with Gasteiger partial charge in [0, 0.05) is 31.3 Å². The van der Waals surface area contributed by atoms with Crippen LogP contribution in [0.1, 0.15) is 26.2 Å². The predicted molar refractivity (Wildman–Crippen MR) is 73.9 cm³/mol. The maximum Gasteiger partial charge on any atom is 0.228 e. The van der Waals surface area contributed by atoms with Gasteiger partial charge in [-0.05, 0) is 18.6 Å². The van der Waals surface area contributed by atoms with Gasteiger partial charge in [0.1, 0.15) is 5.75 Å². The molecule has 4 heteroatoms. The number of carbonyl (C=O) groups excluding carboxylic acids is 1. The molecule has 1 atom stereocenters. The summed E-state index contributed by atoms with van der Waals surface area (Å²) in [5, 5.41) is 0. The first kappa shape index (κ1) is 14.5. The Bertz CT molecular complexity index is 393. The van der Waals surface area contributed by atoms with E-state index in [-0.39, 0.29) is 11.9 Å². The summed E-state index contributed by atoms with van der Waals surface area (Å²) in [7, 11) is 3.37. The summed E-state index contributed by atoms with van der Waals surface area (Å²) in [6, 6.07) is 7.37. The summed E-state index contributed by atoms with van der Waals surface area (Å²) < 4.78 is 5.14. The molecule has 0 fully saturated rings. The number of hydrogen-bond donors (Lipinski definition) is 1. The molecule has 0 aliphatic rings. The van der Waals surface area contributed by atoms with Crippen LogP contribution in [0.25, 0.3) is 0 Å². The topological polar surface area (TPSA) is 55.6 Å². The van der Waals surface area contributed by atoms with Gasteiger partial charge in [-0.15, -0.1) is 0 Å². The molecule has 0 aliphatic heterocycles. The molecule has 1 rings (SSSR count). The third-order valence-electron chi connectivity index (χ3n) is 2.91. The van der Waals surface area contributed by atoms with Crippen LogP contribution in [0.3, 0.4) is 0 Å². The number of benzene rings is 1.